The van der Waals surface area contributed by atoms with Crippen LogP contribution in [0.25, 0.3) is 0 Å². The number of aromatic nitrogens is 1. The largest absolute Gasteiger partial charge is 0.380 e. The van der Waals surface area contributed by atoms with Crippen molar-refractivity contribution >= 4 is 11.6 Å². The van der Waals surface area contributed by atoms with Crippen LogP contribution >= 0.6 is 0 Å². The number of likely N-dealkylation sites (tertiary alicyclic amines) is 1. The third-order valence-corrected chi connectivity index (χ3v) is 3.41. The third kappa shape index (κ3) is 2.25. The van der Waals surface area contributed by atoms with Crippen molar-refractivity contribution in [3.63, 3.8) is 0 Å². The lowest BCUT2D eigenvalue weighted by Gasteiger charge is -2.16. The molecule has 0 spiro atoms. The van der Waals surface area contributed by atoms with E-state index < -0.39 is 0 Å². The van der Waals surface area contributed by atoms with Crippen LogP contribution in [0.2, 0.25) is 0 Å². The second-order valence-electron chi connectivity index (χ2n) is 5.01. The van der Waals surface area contributed by atoms with Gasteiger partial charge in [-0.15, -0.1) is 0 Å². The van der Waals surface area contributed by atoms with Crippen LogP contribution in [0.15, 0.2) is 18.3 Å². The summed E-state index contributed by atoms with van der Waals surface area (Å²) in [6.07, 6.45) is 4.80. The molecule has 1 atom stereocenters. The fourth-order valence-corrected chi connectivity index (χ4v) is 2.44. The molecule has 1 saturated heterocycles. The number of hydrogen-bond acceptors (Lipinski definition) is 3. The number of nitrogens with one attached hydrogen (secondary N) is 1. The van der Waals surface area contributed by atoms with Gasteiger partial charge in [-0.05, 0) is 31.9 Å². The molecule has 4 nitrogen and oxygen atoms in total. The molecule has 1 amide bonds. The number of carbonyl (C=O) groups excluding carboxylic acids is 1. The highest BCUT2D eigenvalue weighted by molar-refractivity contribution is 5.80. The molecule has 3 rings (SSSR count). The quantitative estimate of drug-likeness (QED) is 0.858. The first-order chi connectivity index (χ1) is 8.22. The lowest BCUT2D eigenvalue weighted by atomic mass is 10.2. The first kappa shape index (κ1) is 10.6. The molecule has 0 aromatic carbocycles. The summed E-state index contributed by atoms with van der Waals surface area (Å²) in [7, 11) is 0. The number of pyridine rings is 1. The molecule has 2 fully saturated rings. The summed E-state index contributed by atoms with van der Waals surface area (Å²) in [5, 5.41) is 3.42. The minimum Gasteiger partial charge on any atom is -0.380 e. The SMILES string of the molecule is Cc1cc(NC2CC(=O)N(C3CC3)C2)ccn1. The van der Waals surface area contributed by atoms with Crippen LogP contribution in [0, 0.1) is 6.92 Å². The zero-order valence-electron chi connectivity index (χ0n) is 10.0. The minimum absolute atomic E-state index is 0.255. The molecule has 17 heavy (non-hydrogen) atoms. The number of amides is 1. The third-order valence-electron chi connectivity index (χ3n) is 3.41. The Bertz CT molecular complexity index is 442. The van der Waals surface area contributed by atoms with Crippen LogP contribution in [-0.2, 0) is 4.79 Å². The summed E-state index contributed by atoms with van der Waals surface area (Å²) in [4.78, 5) is 18.0. The maximum Gasteiger partial charge on any atom is 0.225 e. The summed E-state index contributed by atoms with van der Waals surface area (Å²) in [5.41, 5.74) is 2.06. The average molecular weight is 231 g/mol. The molecule has 0 radical (unpaired) electrons. The van der Waals surface area contributed by atoms with Crippen LogP contribution in [0.5, 0.6) is 0 Å². The number of nitrogens with zero attached hydrogens (tertiary/aromatic N) is 2. The Kier molecular flexibility index (Phi) is 2.50. The standard InChI is InChI=1S/C13H17N3O/c1-9-6-10(4-5-14-9)15-11-7-13(17)16(8-11)12-2-3-12/h4-6,11-12H,2-3,7-8H2,1H3,(H,14,15). The normalized spacial score (nSPS) is 24.2. The van der Waals surface area contributed by atoms with E-state index in [1.165, 1.54) is 12.8 Å². The second kappa shape index (κ2) is 4.02. The average Bonchev–Trinajstić information content (AvgIpc) is 3.04. The van der Waals surface area contributed by atoms with E-state index in [2.05, 4.69) is 10.3 Å². The van der Waals surface area contributed by atoms with Gasteiger partial charge in [-0.2, -0.15) is 0 Å². The van der Waals surface area contributed by atoms with Crippen molar-refractivity contribution in [1.29, 1.82) is 0 Å². The van der Waals surface area contributed by atoms with Crippen molar-refractivity contribution in [3.05, 3.63) is 24.0 Å². The van der Waals surface area contributed by atoms with Gasteiger partial charge in [-0.25, -0.2) is 0 Å². The van der Waals surface area contributed by atoms with Crippen molar-refractivity contribution in [2.24, 2.45) is 0 Å². The maximum absolute atomic E-state index is 11.8. The number of carbonyl (C=O) groups is 1. The molecule has 1 saturated carbocycles. The molecule has 2 heterocycles. The van der Waals surface area contributed by atoms with E-state index >= 15 is 0 Å². The topological polar surface area (TPSA) is 45.2 Å². The summed E-state index contributed by atoms with van der Waals surface area (Å²) in [5.74, 6) is 0.302. The molecular weight excluding hydrogens is 214 g/mol. The molecule has 1 aliphatic heterocycles. The highest BCUT2D eigenvalue weighted by Crippen LogP contribution is 2.31. The van der Waals surface area contributed by atoms with Crippen molar-refractivity contribution in [2.75, 3.05) is 11.9 Å². The van der Waals surface area contributed by atoms with E-state index in [-0.39, 0.29) is 6.04 Å². The van der Waals surface area contributed by atoms with Gasteiger partial charge in [0, 0.05) is 36.6 Å². The number of hydrogen-bond donors (Lipinski definition) is 1. The molecule has 1 aliphatic carbocycles. The molecule has 1 aromatic rings. The van der Waals surface area contributed by atoms with Crippen LogP contribution in [0.1, 0.15) is 25.0 Å². The van der Waals surface area contributed by atoms with Crippen LogP contribution in [0.3, 0.4) is 0 Å². The first-order valence-corrected chi connectivity index (χ1v) is 6.21. The van der Waals surface area contributed by atoms with Crippen molar-refractivity contribution in [1.82, 2.24) is 9.88 Å². The molecule has 2 aliphatic rings. The Balaban J connectivity index is 1.65. The monoisotopic (exact) mass is 231 g/mol. The molecule has 4 heteroatoms. The van der Waals surface area contributed by atoms with Crippen LogP contribution in [0.4, 0.5) is 5.69 Å². The summed E-state index contributed by atoms with van der Waals surface area (Å²) in [6.45, 7) is 2.83. The Morgan fingerprint density at radius 1 is 1.47 bits per heavy atom. The summed E-state index contributed by atoms with van der Waals surface area (Å²) >= 11 is 0. The van der Waals surface area contributed by atoms with Gasteiger partial charge in [0.2, 0.25) is 5.91 Å². The van der Waals surface area contributed by atoms with E-state index in [9.17, 15) is 4.79 Å². The van der Waals surface area contributed by atoms with Gasteiger partial charge in [0.1, 0.15) is 0 Å². The highest BCUT2D eigenvalue weighted by atomic mass is 16.2. The predicted octanol–water partition coefficient (Wildman–Crippen LogP) is 1.57. The second-order valence-corrected chi connectivity index (χ2v) is 5.01. The Morgan fingerprint density at radius 3 is 3.00 bits per heavy atom. The molecule has 1 aromatic heterocycles. The van der Waals surface area contributed by atoms with Gasteiger partial charge < -0.3 is 10.2 Å². The van der Waals surface area contributed by atoms with Gasteiger partial charge >= 0.3 is 0 Å². The molecule has 0 bridgehead atoms. The summed E-state index contributed by atoms with van der Waals surface area (Å²) < 4.78 is 0. The number of anilines is 1. The van der Waals surface area contributed by atoms with E-state index in [0.717, 1.165) is 17.9 Å². The van der Waals surface area contributed by atoms with Crippen molar-refractivity contribution < 1.29 is 4.79 Å². The molecule has 90 valence electrons. The Hall–Kier alpha value is -1.58. The van der Waals surface area contributed by atoms with E-state index in [0.29, 0.717) is 18.4 Å². The number of rotatable bonds is 3. The van der Waals surface area contributed by atoms with Crippen molar-refractivity contribution in [2.45, 2.75) is 38.3 Å². The molecular formula is C13H17N3O. The summed E-state index contributed by atoms with van der Waals surface area (Å²) in [6, 6.07) is 4.76. The minimum atomic E-state index is 0.255. The van der Waals surface area contributed by atoms with Gasteiger partial charge in [0.05, 0.1) is 6.04 Å². The fourth-order valence-electron chi connectivity index (χ4n) is 2.44. The molecule has 1 unspecified atom stereocenters. The maximum atomic E-state index is 11.8. The van der Waals surface area contributed by atoms with Crippen molar-refractivity contribution in [3.8, 4) is 0 Å². The zero-order valence-corrected chi connectivity index (χ0v) is 10.0. The lowest BCUT2D eigenvalue weighted by Crippen LogP contribution is -2.29. The molecule has 1 N–H and O–H groups in total. The first-order valence-electron chi connectivity index (χ1n) is 6.21. The van der Waals surface area contributed by atoms with Gasteiger partial charge in [0.25, 0.3) is 0 Å². The Labute approximate surface area is 101 Å². The van der Waals surface area contributed by atoms with Crippen LogP contribution in [-0.4, -0.2) is 34.4 Å². The van der Waals surface area contributed by atoms with E-state index in [1.807, 2.05) is 24.0 Å². The van der Waals surface area contributed by atoms with Gasteiger partial charge in [-0.3, -0.25) is 9.78 Å². The lowest BCUT2D eigenvalue weighted by molar-refractivity contribution is -0.128. The predicted molar refractivity (Wildman–Crippen MR) is 65.7 cm³/mol. The van der Waals surface area contributed by atoms with E-state index in [1.54, 1.807) is 6.20 Å². The van der Waals surface area contributed by atoms with Gasteiger partial charge in [-0.1, -0.05) is 0 Å². The number of aryl methyl sites for hydroxylation is 1. The zero-order chi connectivity index (χ0) is 11.8. The van der Waals surface area contributed by atoms with Gasteiger partial charge in [0.15, 0.2) is 0 Å². The fraction of sp³-hybridized carbons (Fsp3) is 0.538. The van der Waals surface area contributed by atoms with Crippen LogP contribution < -0.4 is 5.32 Å². The smallest absolute Gasteiger partial charge is 0.225 e. The van der Waals surface area contributed by atoms with E-state index in [4.69, 9.17) is 0 Å². The highest BCUT2D eigenvalue weighted by Gasteiger charge is 2.39. The Morgan fingerprint density at radius 2 is 2.29 bits per heavy atom.